The second-order valence-electron chi connectivity index (χ2n) is 4.73. The van der Waals surface area contributed by atoms with E-state index in [0.29, 0.717) is 5.69 Å². The molecule has 0 saturated heterocycles. The molecule has 3 N–H and O–H groups in total. The number of nitrogens with two attached hydrogens (primary N) is 1. The van der Waals surface area contributed by atoms with Gasteiger partial charge < -0.3 is 15.4 Å². The van der Waals surface area contributed by atoms with Crippen molar-refractivity contribution < 1.29 is 9.90 Å². The van der Waals surface area contributed by atoms with Crippen molar-refractivity contribution in [3.8, 4) is 5.69 Å². The highest BCUT2D eigenvalue weighted by atomic mass is 16.4. The lowest BCUT2D eigenvalue weighted by molar-refractivity contribution is -0.131. The van der Waals surface area contributed by atoms with Gasteiger partial charge in [-0.3, -0.25) is 0 Å². The topological polar surface area (TPSA) is 68.2 Å². The molecule has 1 aromatic heterocycles. The van der Waals surface area contributed by atoms with Gasteiger partial charge in [-0.2, -0.15) is 0 Å². The molecule has 4 heteroatoms. The number of hydrogen-bond acceptors (Lipinski definition) is 2. The van der Waals surface area contributed by atoms with Crippen LogP contribution in [0.4, 0.5) is 5.69 Å². The fourth-order valence-corrected chi connectivity index (χ4v) is 2.35. The molecule has 0 aliphatic carbocycles. The Balaban J connectivity index is 2.19. The van der Waals surface area contributed by atoms with Gasteiger partial charge >= 0.3 is 5.97 Å². The van der Waals surface area contributed by atoms with Gasteiger partial charge in [0.2, 0.25) is 0 Å². The minimum absolute atomic E-state index is 0.709. The maximum atomic E-state index is 10.7. The SMILES string of the molecule is Nc1ccc(-n2cc(/C=C/C(=O)O)c3ccccc32)cc1. The second-order valence-corrected chi connectivity index (χ2v) is 4.73. The summed E-state index contributed by atoms with van der Waals surface area (Å²) in [4.78, 5) is 10.7. The number of hydrogen-bond donors (Lipinski definition) is 2. The lowest BCUT2D eigenvalue weighted by Gasteiger charge is -2.05. The maximum absolute atomic E-state index is 10.7. The molecular weight excluding hydrogens is 264 g/mol. The zero-order valence-corrected chi connectivity index (χ0v) is 11.2. The minimum atomic E-state index is -0.959. The lowest BCUT2D eigenvalue weighted by Crippen LogP contribution is -1.92. The average molecular weight is 278 g/mol. The Morgan fingerprint density at radius 3 is 2.52 bits per heavy atom. The van der Waals surface area contributed by atoms with Crippen LogP contribution in [0.5, 0.6) is 0 Å². The summed E-state index contributed by atoms with van der Waals surface area (Å²) in [5, 5.41) is 9.80. The Bertz CT molecular complexity index is 830. The van der Waals surface area contributed by atoms with Crippen molar-refractivity contribution in [3.05, 3.63) is 66.4 Å². The highest BCUT2D eigenvalue weighted by Crippen LogP contribution is 2.26. The van der Waals surface area contributed by atoms with E-state index in [0.717, 1.165) is 28.2 Å². The average Bonchev–Trinajstić information content (AvgIpc) is 2.85. The van der Waals surface area contributed by atoms with Crippen LogP contribution in [0.3, 0.4) is 0 Å². The molecule has 0 spiro atoms. The number of carbonyl (C=O) groups is 1. The molecule has 2 aromatic carbocycles. The van der Waals surface area contributed by atoms with Gasteiger partial charge in [-0.1, -0.05) is 18.2 Å². The Hall–Kier alpha value is -3.01. The molecule has 0 aliphatic rings. The van der Waals surface area contributed by atoms with E-state index in [1.54, 1.807) is 6.08 Å². The summed E-state index contributed by atoms with van der Waals surface area (Å²) in [5.74, 6) is -0.959. The maximum Gasteiger partial charge on any atom is 0.328 e. The number of para-hydroxylation sites is 1. The Kier molecular flexibility index (Phi) is 3.20. The Morgan fingerprint density at radius 2 is 1.81 bits per heavy atom. The van der Waals surface area contributed by atoms with Crippen molar-refractivity contribution in [2.24, 2.45) is 0 Å². The van der Waals surface area contributed by atoms with E-state index in [-0.39, 0.29) is 0 Å². The molecule has 3 aromatic rings. The first kappa shape index (κ1) is 13.0. The van der Waals surface area contributed by atoms with Gasteiger partial charge in [-0.25, -0.2) is 4.79 Å². The minimum Gasteiger partial charge on any atom is -0.478 e. The summed E-state index contributed by atoms with van der Waals surface area (Å²) in [5.41, 5.74) is 9.30. The van der Waals surface area contributed by atoms with Gasteiger partial charge in [0.1, 0.15) is 0 Å². The van der Waals surface area contributed by atoms with Gasteiger partial charge in [0.15, 0.2) is 0 Å². The molecule has 0 atom stereocenters. The first-order valence-corrected chi connectivity index (χ1v) is 6.52. The van der Waals surface area contributed by atoms with E-state index in [2.05, 4.69) is 0 Å². The third kappa shape index (κ3) is 2.51. The van der Waals surface area contributed by atoms with E-state index in [4.69, 9.17) is 10.8 Å². The number of rotatable bonds is 3. The van der Waals surface area contributed by atoms with Crippen LogP contribution < -0.4 is 5.73 Å². The number of carboxylic acid groups (broad SMARTS) is 1. The van der Waals surface area contributed by atoms with Crippen molar-refractivity contribution in [2.45, 2.75) is 0 Å². The van der Waals surface area contributed by atoms with Crippen molar-refractivity contribution in [3.63, 3.8) is 0 Å². The summed E-state index contributed by atoms with van der Waals surface area (Å²) in [7, 11) is 0. The summed E-state index contributed by atoms with van der Waals surface area (Å²) >= 11 is 0. The van der Waals surface area contributed by atoms with Crippen LogP contribution in [0.1, 0.15) is 5.56 Å². The fraction of sp³-hybridized carbons (Fsp3) is 0. The van der Waals surface area contributed by atoms with Crippen molar-refractivity contribution in [2.75, 3.05) is 5.73 Å². The fourth-order valence-electron chi connectivity index (χ4n) is 2.35. The normalized spacial score (nSPS) is 11.2. The summed E-state index contributed by atoms with van der Waals surface area (Å²) in [6.45, 7) is 0. The van der Waals surface area contributed by atoms with Crippen LogP contribution in [-0.4, -0.2) is 15.6 Å². The van der Waals surface area contributed by atoms with Crippen molar-refractivity contribution >= 4 is 28.6 Å². The highest BCUT2D eigenvalue weighted by Gasteiger charge is 2.07. The van der Waals surface area contributed by atoms with Crippen LogP contribution >= 0.6 is 0 Å². The molecule has 3 rings (SSSR count). The number of aromatic nitrogens is 1. The molecule has 0 unspecified atom stereocenters. The van der Waals surface area contributed by atoms with Gasteiger partial charge in [0.25, 0.3) is 0 Å². The molecule has 0 aliphatic heterocycles. The van der Waals surface area contributed by atoms with Gasteiger partial charge in [-0.15, -0.1) is 0 Å². The lowest BCUT2D eigenvalue weighted by atomic mass is 10.1. The van der Waals surface area contributed by atoms with Crippen LogP contribution in [0.15, 0.2) is 60.8 Å². The molecule has 0 radical (unpaired) electrons. The number of aliphatic carboxylic acids is 1. The molecule has 0 amide bonds. The van der Waals surface area contributed by atoms with Crippen LogP contribution in [0.2, 0.25) is 0 Å². The molecular formula is C17H14N2O2. The predicted octanol–water partition coefficient (Wildman–Crippen LogP) is 3.31. The molecule has 0 bridgehead atoms. The number of anilines is 1. The predicted molar refractivity (Wildman–Crippen MR) is 84.4 cm³/mol. The first-order valence-electron chi connectivity index (χ1n) is 6.52. The first-order chi connectivity index (χ1) is 10.1. The monoisotopic (exact) mass is 278 g/mol. The summed E-state index contributed by atoms with van der Waals surface area (Å²) in [6.07, 6.45) is 4.68. The molecule has 104 valence electrons. The number of benzene rings is 2. The van der Waals surface area contributed by atoms with E-state index in [1.807, 2.05) is 59.3 Å². The number of nitrogens with zero attached hydrogens (tertiary/aromatic N) is 1. The van der Waals surface area contributed by atoms with Crippen molar-refractivity contribution in [1.29, 1.82) is 0 Å². The molecule has 4 nitrogen and oxygen atoms in total. The van der Waals surface area contributed by atoms with Crippen LogP contribution in [0.25, 0.3) is 22.7 Å². The zero-order chi connectivity index (χ0) is 14.8. The quantitative estimate of drug-likeness (QED) is 0.570. The van der Waals surface area contributed by atoms with Crippen LogP contribution in [-0.2, 0) is 4.79 Å². The molecule has 1 heterocycles. The summed E-state index contributed by atoms with van der Waals surface area (Å²) < 4.78 is 2.02. The van der Waals surface area contributed by atoms with E-state index < -0.39 is 5.97 Å². The van der Waals surface area contributed by atoms with E-state index in [9.17, 15) is 4.79 Å². The van der Waals surface area contributed by atoms with Gasteiger partial charge in [0, 0.05) is 34.6 Å². The highest BCUT2D eigenvalue weighted by molar-refractivity contribution is 5.94. The van der Waals surface area contributed by atoms with Gasteiger partial charge in [0.05, 0.1) is 5.52 Å². The third-order valence-corrected chi connectivity index (χ3v) is 3.32. The molecule has 0 fully saturated rings. The third-order valence-electron chi connectivity index (χ3n) is 3.32. The Morgan fingerprint density at radius 1 is 1.10 bits per heavy atom. The second kappa shape index (κ2) is 5.17. The largest absolute Gasteiger partial charge is 0.478 e. The van der Waals surface area contributed by atoms with Crippen LogP contribution in [0, 0.1) is 0 Å². The van der Waals surface area contributed by atoms with E-state index >= 15 is 0 Å². The van der Waals surface area contributed by atoms with Crippen molar-refractivity contribution in [1.82, 2.24) is 4.57 Å². The molecule has 0 saturated carbocycles. The van der Waals surface area contributed by atoms with Gasteiger partial charge in [-0.05, 0) is 36.4 Å². The Labute approximate surface area is 121 Å². The molecule has 21 heavy (non-hydrogen) atoms. The standard InChI is InChI=1S/C17H14N2O2/c18-13-6-8-14(9-7-13)19-11-12(5-10-17(20)21)15-3-1-2-4-16(15)19/h1-11H,18H2,(H,20,21)/b10-5+. The number of nitrogen functional groups attached to an aromatic ring is 1. The summed E-state index contributed by atoms with van der Waals surface area (Å²) in [6, 6.07) is 15.4. The van der Waals surface area contributed by atoms with E-state index in [1.165, 1.54) is 0 Å². The zero-order valence-electron chi connectivity index (χ0n) is 11.2. The number of fused-ring (bicyclic) bond motifs is 1. The number of carboxylic acids is 1. The smallest absolute Gasteiger partial charge is 0.328 e.